The molecule has 2 saturated carbocycles. The Morgan fingerprint density at radius 2 is 1.61 bits per heavy atom. The van der Waals surface area contributed by atoms with Gasteiger partial charge in [0.25, 0.3) is 0 Å². The summed E-state index contributed by atoms with van der Waals surface area (Å²) < 4.78 is 44.0. The molecule has 31 heavy (non-hydrogen) atoms. The monoisotopic (exact) mass is 431 g/mol. The van der Waals surface area contributed by atoms with Crippen molar-refractivity contribution in [3.05, 3.63) is 59.7 Å². The van der Waals surface area contributed by atoms with Crippen LogP contribution in [-0.2, 0) is 15.7 Å². The molecule has 0 amide bonds. The molecule has 0 aliphatic heterocycles. The van der Waals surface area contributed by atoms with E-state index in [9.17, 15) is 18.0 Å². The van der Waals surface area contributed by atoms with E-state index in [1.807, 2.05) is 12.1 Å². The maximum Gasteiger partial charge on any atom is 0.416 e. The lowest BCUT2D eigenvalue weighted by Crippen LogP contribution is -2.29. The van der Waals surface area contributed by atoms with Gasteiger partial charge in [0.05, 0.1) is 17.6 Å². The van der Waals surface area contributed by atoms with Gasteiger partial charge in [-0.3, -0.25) is 4.79 Å². The SMILES string of the molecule is N#CC=CC=C[C@H]1CC[C@H](OC(=O)[C@H]2CC[C@H](c3ccc(C(F)(F)F)cc3)CC2)CC1. The number of benzene rings is 1. The summed E-state index contributed by atoms with van der Waals surface area (Å²) in [5, 5.41) is 8.48. The highest BCUT2D eigenvalue weighted by atomic mass is 19.4. The lowest BCUT2D eigenvalue weighted by atomic mass is 9.78. The third-order valence-electron chi connectivity index (χ3n) is 6.44. The lowest BCUT2D eigenvalue weighted by molar-refractivity contribution is -0.157. The minimum absolute atomic E-state index is 0.0283. The van der Waals surface area contributed by atoms with Crippen LogP contribution >= 0.6 is 0 Å². The first-order valence-electron chi connectivity index (χ1n) is 11.0. The Kier molecular flexibility index (Phi) is 7.95. The van der Waals surface area contributed by atoms with E-state index in [1.165, 1.54) is 6.08 Å². The van der Waals surface area contributed by atoms with E-state index in [2.05, 4.69) is 6.08 Å². The molecule has 0 unspecified atom stereocenters. The van der Waals surface area contributed by atoms with Crippen LogP contribution in [0, 0.1) is 23.2 Å². The Bertz CT molecular complexity index is 820. The van der Waals surface area contributed by atoms with Gasteiger partial charge in [0.15, 0.2) is 0 Å². The van der Waals surface area contributed by atoms with Crippen LogP contribution in [0.25, 0.3) is 0 Å². The fourth-order valence-corrected chi connectivity index (χ4v) is 4.59. The molecule has 0 aromatic heterocycles. The van der Waals surface area contributed by atoms with Crippen molar-refractivity contribution in [1.29, 1.82) is 5.26 Å². The number of hydrogen-bond donors (Lipinski definition) is 0. The highest BCUT2D eigenvalue weighted by Gasteiger charge is 2.32. The van der Waals surface area contributed by atoms with E-state index in [0.29, 0.717) is 18.8 Å². The van der Waals surface area contributed by atoms with Gasteiger partial charge in [-0.25, -0.2) is 0 Å². The molecule has 3 nitrogen and oxygen atoms in total. The van der Waals surface area contributed by atoms with Gasteiger partial charge in [-0.2, -0.15) is 18.4 Å². The van der Waals surface area contributed by atoms with Gasteiger partial charge < -0.3 is 4.74 Å². The van der Waals surface area contributed by atoms with E-state index in [1.54, 1.807) is 18.2 Å². The van der Waals surface area contributed by atoms with Crippen molar-refractivity contribution in [1.82, 2.24) is 0 Å². The third-order valence-corrected chi connectivity index (χ3v) is 6.44. The molecule has 3 rings (SSSR count). The predicted octanol–water partition coefficient (Wildman–Crippen LogP) is 6.72. The molecular weight excluding hydrogens is 403 g/mol. The summed E-state index contributed by atoms with van der Waals surface area (Å²) in [6.07, 6.45) is 9.48. The van der Waals surface area contributed by atoms with Crippen molar-refractivity contribution in [2.24, 2.45) is 11.8 Å². The molecule has 0 atom stereocenters. The van der Waals surface area contributed by atoms with E-state index in [0.717, 1.165) is 56.2 Å². The Morgan fingerprint density at radius 1 is 0.968 bits per heavy atom. The molecule has 1 aromatic rings. The molecule has 166 valence electrons. The van der Waals surface area contributed by atoms with Crippen LogP contribution in [0.1, 0.15) is 68.4 Å². The molecule has 2 aliphatic carbocycles. The number of esters is 1. The smallest absolute Gasteiger partial charge is 0.416 e. The van der Waals surface area contributed by atoms with Gasteiger partial charge in [-0.1, -0.05) is 30.4 Å². The second kappa shape index (κ2) is 10.7. The molecule has 2 fully saturated rings. The number of nitrogens with zero attached hydrogens (tertiary/aromatic N) is 1. The molecule has 0 spiro atoms. The average Bonchev–Trinajstić information content (AvgIpc) is 2.77. The first-order valence-corrected chi connectivity index (χ1v) is 11.0. The van der Waals surface area contributed by atoms with Crippen LogP contribution in [0.5, 0.6) is 0 Å². The van der Waals surface area contributed by atoms with Crippen LogP contribution in [0.15, 0.2) is 48.6 Å². The zero-order chi connectivity index (χ0) is 22.3. The fraction of sp³-hybridized carbons (Fsp3) is 0.520. The van der Waals surface area contributed by atoms with Gasteiger partial charge in [0.1, 0.15) is 6.10 Å². The first-order chi connectivity index (χ1) is 14.9. The molecule has 6 heteroatoms. The van der Waals surface area contributed by atoms with E-state index in [-0.39, 0.29) is 23.9 Å². The van der Waals surface area contributed by atoms with Gasteiger partial charge in [-0.15, -0.1) is 0 Å². The van der Waals surface area contributed by atoms with Crippen molar-refractivity contribution in [2.45, 2.75) is 69.6 Å². The van der Waals surface area contributed by atoms with Crippen LogP contribution in [0.2, 0.25) is 0 Å². The maximum absolute atomic E-state index is 12.7. The second-order valence-corrected chi connectivity index (χ2v) is 8.52. The predicted molar refractivity (Wildman–Crippen MR) is 112 cm³/mol. The van der Waals surface area contributed by atoms with Crippen LogP contribution in [0.3, 0.4) is 0 Å². The second-order valence-electron chi connectivity index (χ2n) is 8.52. The third kappa shape index (κ3) is 6.72. The molecule has 0 saturated heterocycles. The lowest BCUT2D eigenvalue weighted by Gasteiger charge is -2.31. The number of rotatable bonds is 5. The number of alkyl halides is 3. The molecule has 0 radical (unpaired) electrons. The van der Waals surface area contributed by atoms with E-state index in [4.69, 9.17) is 10.00 Å². The Balaban J connectivity index is 1.41. The number of halogens is 3. The minimum atomic E-state index is -4.32. The summed E-state index contributed by atoms with van der Waals surface area (Å²) in [5.41, 5.74) is 0.285. The van der Waals surface area contributed by atoms with Crippen molar-refractivity contribution < 1.29 is 22.7 Å². The first kappa shape index (κ1) is 23.1. The highest BCUT2D eigenvalue weighted by molar-refractivity contribution is 5.72. The van der Waals surface area contributed by atoms with Crippen LogP contribution in [-0.4, -0.2) is 12.1 Å². The topological polar surface area (TPSA) is 50.1 Å². The molecule has 1 aromatic carbocycles. The summed E-state index contributed by atoms with van der Waals surface area (Å²) in [6, 6.07) is 7.36. The molecule has 0 heterocycles. The number of ether oxygens (including phenoxy) is 1. The summed E-state index contributed by atoms with van der Waals surface area (Å²) in [4.78, 5) is 12.6. The number of hydrogen-bond acceptors (Lipinski definition) is 3. The van der Waals surface area contributed by atoms with E-state index >= 15 is 0 Å². The molecule has 0 bridgehead atoms. The van der Waals surface area contributed by atoms with Crippen molar-refractivity contribution in [3.8, 4) is 6.07 Å². The van der Waals surface area contributed by atoms with Crippen molar-refractivity contribution in [2.75, 3.05) is 0 Å². The normalized spacial score (nSPS) is 27.3. The maximum atomic E-state index is 12.7. The van der Waals surface area contributed by atoms with Crippen LogP contribution < -0.4 is 0 Å². The molecule has 0 N–H and O–H groups in total. The summed E-state index contributed by atoms with van der Waals surface area (Å²) in [5.74, 6) is 0.419. The number of carbonyl (C=O) groups excluding carboxylic acids is 1. The fourth-order valence-electron chi connectivity index (χ4n) is 4.59. The van der Waals surface area contributed by atoms with Crippen LogP contribution in [0.4, 0.5) is 13.2 Å². The minimum Gasteiger partial charge on any atom is -0.462 e. The Morgan fingerprint density at radius 3 is 2.19 bits per heavy atom. The van der Waals surface area contributed by atoms with E-state index < -0.39 is 11.7 Å². The van der Waals surface area contributed by atoms with Gasteiger partial charge in [-0.05, 0) is 80.9 Å². The van der Waals surface area contributed by atoms with Gasteiger partial charge in [0, 0.05) is 6.08 Å². The molecular formula is C25H28F3NO2. The standard InChI is InChI=1S/C25H28F3NO2/c26-25(27,28)22-13-11-20(12-14-22)19-7-9-21(10-8-19)24(30)31-23-15-5-18(6-16-23)4-2-1-3-17-29/h1-4,11-14,18-19,21,23H,5-10,15-16H2/t18-,19-,21-,23-. The molecule has 2 aliphatic rings. The van der Waals surface area contributed by atoms with Gasteiger partial charge in [0.2, 0.25) is 0 Å². The van der Waals surface area contributed by atoms with Crippen molar-refractivity contribution >= 4 is 5.97 Å². The number of allylic oxidation sites excluding steroid dienone is 4. The highest BCUT2D eigenvalue weighted by Crippen LogP contribution is 2.38. The average molecular weight is 431 g/mol. The van der Waals surface area contributed by atoms with Gasteiger partial charge >= 0.3 is 12.1 Å². The summed E-state index contributed by atoms with van der Waals surface area (Å²) >= 11 is 0. The van der Waals surface area contributed by atoms with Crippen molar-refractivity contribution in [3.63, 3.8) is 0 Å². The number of carbonyl (C=O) groups is 1. The summed E-state index contributed by atoms with van der Waals surface area (Å²) in [6.45, 7) is 0. The quantitative estimate of drug-likeness (QED) is 0.295. The Hall–Kier alpha value is -2.55. The summed E-state index contributed by atoms with van der Waals surface area (Å²) in [7, 11) is 0. The largest absolute Gasteiger partial charge is 0.462 e. The zero-order valence-electron chi connectivity index (χ0n) is 17.5. The number of nitriles is 1. The zero-order valence-corrected chi connectivity index (χ0v) is 17.5. The Labute approximate surface area is 181 Å².